The van der Waals surface area contributed by atoms with E-state index in [1.165, 1.54) is 4.31 Å². The monoisotopic (exact) mass is 472 g/mol. The number of nitrogens with zero attached hydrogens (tertiary/aromatic N) is 4. The van der Waals surface area contributed by atoms with Crippen molar-refractivity contribution in [3.05, 3.63) is 65.0 Å². The molecule has 1 aliphatic carbocycles. The predicted octanol–water partition coefficient (Wildman–Crippen LogP) is 3.73. The molecule has 1 aliphatic heterocycles. The van der Waals surface area contributed by atoms with Gasteiger partial charge in [0, 0.05) is 28.7 Å². The number of halogens is 1. The third-order valence-electron chi connectivity index (χ3n) is 5.61. The highest BCUT2D eigenvalue weighted by Gasteiger charge is 2.35. The molecule has 1 amide bonds. The maximum atomic E-state index is 13.2. The van der Waals surface area contributed by atoms with Gasteiger partial charge in [0.15, 0.2) is 0 Å². The standard InChI is InChI=1S/C22H21ClN4O4S/c23-17-6-2-15(3-7-17)21-25-24-20(31-21)14-26(18-10-11-18)22(28)16-4-8-19(9-5-16)27-12-1-13-32(27,29)30/h2-9,18H,1,10-14H2. The van der Waals surface area contributed by atoms with Crippen LogP contribution in [0.1, 0.15) is 35.5 Å². The highest BCUT2D eigenvalue weighted by atomic mass is 35.5. The minimum absolute atomic E-state index is 0.131. The molecule has 2 fully saturated rings. The summed E-state index contributed by atoms with van der Waals surface area (Å²) in [5, 5.41) is 8.81. The highest BCUT2D eigenvalue weighted by Crippen LogP contribution is 2.31. The number of hydrogen-bond acceptors (Lipinski definition) is 6. The maximum Gasteiger partial charge on any atom is 0.254 e. The van der Waals surface area contributed by atoms with Crippen LogP contribution in [0.15, 0.2) is 52.9 Å². The van der Waals surface area contributed by atoms with Gasteiger partial charge in [-0.15, -0.1) is 10.2 Å². The second-order valence-electron chi connectivity index (χ2n) is 7.96. The number of rotatable bonds is 6. The third kappa shape index (κ3) is 4.22. The van der Waals surface area contributed by atoms with Crippen molar-refractivity contribution in [2.24, 2.45) is 0 Å². The molecule has 8 nitrogen and oxygen atoms in total. The van der Waals surface area contributed by atoms with Crippen molar-refractivity contribution in [3.63, 3.8) is 0 Å². The lowest BCUT2D eigenvalue weighted by atomic mass is 10.1. The second-order valence-corrected chi connectivity index (χ2v) is 10.4. The number of aromatic nitrogens is 2. The first-order valence-electron chi connectivity index (χ1n) is 10.4. The lowest BCUT2D eigenvalue weighted by Gasteiger charge is -2.21. The molecule has 0 spiro atoms. The molecule has 1 saturated heterocycles. The lowest BCUT2D eigenvalue weighted by Crippen LogP contribution is -2.32. The van der Waals surface area contributed by atoms with Crippen LogP contribution in [-0.2, 0) is 16.6 Å². The van der Waals surface area contributed by atoms with Gasteiger partial charge in [0.05, 0.1) is 18.0 Å². The fourth-order valence-corrected chi connectivity index (χ4v) is 5.48. The van der Waals surface area contributed by atoms with Gasteiger partial charge in [-0.25, -0.2) is 8.42 Å². The van der Waals surface area contributed by atoms with E-state index in [2.05, 4.69) is 10.2 Å². The Kier molecular flexibility index (Phi) is 5.38. The molecule has 32 heavy (non-hydrogen) atoms. The first-order chi connectivity index (χ1) is 15.4. The van der Waals surface area contributed by atoms with Crippen molar-refractivity contribution < 1.29 is 17.6 Å². The van der Waals surface area contributed by atoms with Crippen molar-refractivity contribution in [3.8, 4) is 11.5 Å². The van der Waals surface area contributed by atoms with E-state index in [-0.39, 0.29) is 24.2 Å². The average Bonchev–Trinajstić information content (AvgIpc) is 3.41. The van der Waals surface area contributed by atoms with Crippen molar-refractivity contribution in [2.75, 3.05) is 16.6 Å². The summed E-state index contributed by atoms with van der Waals surface area (Å²) < 4.78 is 31.4. The Hall–Kier alpha value is -2.91. The van der Waals surface area contributed by atoms with Gasteiger partial charge in [0.2, 0.25) is 21.8 Å². The summed E-state index contributed by atoms with van der Waals surface area (Å²) in [4.78, 5) is 14.9. The molecule has 0 unspecified atom stereocenters. The average molecular weight is 473 g/mol. The van der Waals surface area contributed by atoms with E-state index in [1.807, 2.05) is 0 Å². The number of anilines is 1. The summed E-state index contributed by atoms with van der Waals surface area (Å²) >= 11 is 5.93. The first kappa shape index (κ1) is 21.0. The zero-order valence-electron chi connectivity index (χ0n) is 17.1. The van der Waals surface area contributed by atoms with Crippen LogP contribution < -0.4 is 4.31 Å². The van der Waals surface area contributed by atoms with Crippen LogP contribution in [0.5, 0.6) is 0 Å². The van der Waals surface area contributed by atoms with E-state index in [0.29, 0.717) is 41.0 Å². The number of carbonyl (C=O) groups excluding carboxylic acids is 1. The van der Waals surface area contributed by atoms with E-state index < -0.39 is 10.0 Å². The van der Waals surface area contributed by atoms with E-state index in [9.17, 15) is 13.2 Å². The Morgan fingerprint density at radius 1 is 1.09 bits per heavy atom. The van der Waals surface area contributed by atoms with Crippen LogP contribution in [0.2, 0.25) is 5.02 Å². The number of benzene rings is 2. The van der Waals surface area contributed by atoms with E-state index in [0.717, 1.165) is 18.4 Å². The smallest absolute Gasteiger partial charge is 0.254 e. The molecular weight excluding hydrogens is 452 g/mol. The Morgan fingerprint density at radius 3 is 2.44 bits per heavy atom. The molecule has 1 saturated carbocycles. The molecule has 2 heterocycles. The quantitative estimate of drug-likeness (QED) is 0.542. The molecule has 0 atom stereocenters. The SMILES string of the molecule is O=C(c1ccc(N2CCCS2(=O)=O)cc1)N(Cc1nnc(-c2ccc(Cl)cc2)o1)C1CC1. The second kappa shape index (κ2) is 8.22. The minimum atomic E-state index is -3.25. The van der Waals surface area contributed by atoms with Crippen LogP contribution in [0.3, 0.4) is 0 Å². The summed E-state index contributed by atoms with van der Waals surface area (Å²) in [7, 11) is -3.25. The van der Waals surface area contributed by atoms with E-state index in [1.54, 1.807) is 53.4 Å². The zero-order chi connectivity index (χ0) is 22.3. The van der Waals surface area contributed by atoms with Gasteiger partial charge in [-0.05, 0) is 67.8 Å². The molecule has 2 aliphatic rings. The minimum Gasteiger partial charge on any atom is -0.419 e. The van der Waals surface area contributed by atoms with Crippen molar-refractivity contribution in [2.45, 2.75) is 31.8 Å². The number of amides is 1. The molecule has 3 aromatic rings. The molecule has 5 rings (SSSR count). The van der Waals surface area contributed by atoms with Crippen LogP contribution in [-0.4, -0.2) is 47.8 Å². The lowest BCUT2D eigenvalue weighted by molar-refractivity contribution is 0.0714. The van der Waals surface area contributed by atoms with Crippen LogP contribution in [0.25, 0.3) is 11.5 Å². The van der Waals surface area contributed by atoms with Gasteiger partial charge in [-0.3, -0.25) is 9.10 Å². The van der Waals surface area contributed by atoms with E-state index >= 15 is 0 Å². The van der Waals surface area contributed by atoms with Gasteiger partial charge in [0.1, 0.15) is 0 Å². The maximum absolute atomic E-state index is 13.2. The summed E-state index contributed by atoms with van der Waals surface area (Å²) in [5.41, 5.74) is 1.83. The van der Waals surface area contributed by atoms with Gasteiger partial charge in [0.25, 0.3) is 5.91 Å². The largest absolute Gasteiger partial charge is 0.419 e. The third-order valence-corrected chi connectivity index (χ3v) is 7.74. The van der Waals surface area contributed by atoms with Gasteiger partial charge >= 0.3 is 0 Å². The van der Waals surface area contributed by atoms with Gasteiger partial charge < -0.3 is 9.32 Å². The number of sulfonamides is 1. The topological polar surface area (TPSA) is 96.6 Å². The zero-order valence-corrected chi connectivity index (χ0v) is 18.7. The normalized spacial score (nSPS) is 17.5. The fraction of sp³-hybridized carbons (Fsp3) is 0.318. The number of carbonyl (C=O) groups is 1. The van der Waals surface area contributed by atoms with E-state index in [4.69, 9.17) is 16.0 Å². The van der Waals surface area contributed by atoms with Gasteiger partial charge in [-0.1, -0.05) is 11.6 Å². The molecule has 1 aromatic heterocycles. The first-order valence-corrected chi connectivity index (χ1v) is 12.4. The van der Waals surface area contributed by atoms with Crippen LogP contribution in [0.4, 0.5) is 5.69 Å². The Morgan fingerprint density at radius 2 is 1.81 bits per heavy atom. The molecular formula is C22H21ClN4O4S. The fourth-order valence-electron chi connectivity index (χ4n) is 3.79. The Balaban J connectivity index is 1.32. The van der Waals surface area contributed by atoms with Crippen molar-refractivity contribution >= 4 is 33.2 Å². The van der Waals surface area contributed by atoms with Gasteiger partial charge in [-0.2, -0.15) is 0 Å². The van der Waals surface area contributed by atoms with Crippen LogP contribution in [0, 0.1) is 0 Å². The van der Waals surface area contributed by atoms with Crippen molar-refractivity contribution in [1.29, 1.82) is 0 Å². The van der Waals surface area contributed by atoms with Crippen molar-refractivity contribution in [1.82, 2.24) is 15.1 Å². The highest BCUT2D eigenvalue weighted by molar-refractivity contribution is 7.93. The molecule has 166 valence electrons. The number of hydrogen-bond donors (Lipinski definition) is 0. The molecule has 2 aromatic carbocycles. The Labute approximate surface area is 190 Å². The summed E-state index contributed by atoms with van der Waals surface area (Å²) in [5.74, 6) is 0.742. The summed E-state index contributed by atoms with van der Waals surface area (Å²) in [6, 6.07) is 13.9. The molecule has 10 heteroatoms. The summed E-state index contributed by atoms with van der Waals surface area (Å²) in [6.07, 6.45) is 2.46. The molecule has 0 radical (unpaired) electrons. The molecule has 0 bridgehead atoms. The molecule has 0 N–H and O–H groups in total. The van der Waals surface area contributed by atoms with Crippen LogP contribution >= 0.6 is 11.6 Å². The summed E-state index contributed by atoms with van der Waals surface area (Å²) in [6.45, 7) is 0.684. The predicted molar refractivity (Wildman–Crippen MR) is 120 cm³/mol. The Bertz CT molecular complexity index is 1240.